The van der Waals surface area contributed by atoms with E-state index in [9.17, 15) is 23.1 Å². The number of nitrogens with zero attached hydrogens (tertiary/aromatic N) is 2. The minimum absolute atomic E-state index is 0.0209. The maximum absolute atomic E-state index is 12.5. The van der Waals surface area contributed by atoms with Crippen molar-refractivity contribution >= 4 is 22.7 Å². The first-order valence-electron chi connectivity index (χ1n) is 8.40. The van der Waals surface area contributed by atoms with Gasteiger partial charge in [-0.3, -0.25) is 4.90 Å². The number of aromatic nitrogens is 1. The minimum Gasteiger partial charge on any atom is -0.478 e. The Hall–Kier alpha value is -2.35. The predicted octanol–water partition coefficient (Wildman–Crippen LogP) is 3.54. The van der Waals surface area contributed by atoms with E-state index in [0.29, 0.717) is 37.1 Å². The average Bonchev–Trinajstić information content (AvgIpc) is 2.98. The number of carbonyl (C=O) groups is 1. The van der Waals surface area contributed by atoms with Crippen LogP contribution in [-0.4, -0.2) is 53.3 Å². The van der Waals surface area contributed by atoms with Crippen molar-refractivity contribution in [2.24, 2.45) is 5.92 Å². The number of carboxylic acid groups (broad SMARTS) is 1. The van der Waals surface area contributed by atoms with E-state index in [1.165, 1.54) is 4.90 Å². The highest BCUT2D eigenvalue weighted by Crippen LogP contribution is 2.27. The summed E-state index contributed by atoms with van der Waals surface area (Å²) in [6.45, 7) is 1.94. The average molecular weight is 367 g/mol. The number of hydrogen-bond acceptors (Lipinski definition) is 4. The number of aryl methyl sites for hydroxylation is 1. The molecule has 1 aliphatic heterocycles. The molecule has 1 fully saturated rings. The molecule has 3 rings (SSSR count). The maximum Gasteiger partial charge on any atom is 0.401 e. The Labute approximate surface area is 148 Å². The molecule has 0 amide bonds. The van der Waals surface area contributed by atoms with Crippen molar-refractivity contribution in [1.29, 1.82) is 0 Å². The number of rotatable bonds is 5. The lowest BCUT2D eigenvalue weighted by Gasteiger charge is -2.19. The van der Waals surface area contributed by atoms with Crippen molar-refractivity contribution in [2.75, 3.05) is 31.5 Å². The van der Waals surface area contributed by atoms with Gasteiger partial charge < -0.3 is 10.4 Å². The number of fused-ring (bicyclic) bond motifs is 1. The molecule has 1 saturated heterocycles. The molecule has 1 unspecified atom stereocenters. The van der Waals surface area contributed by atoms with Crippen LogP contribution in [0.1, 0.15) is 22.3 Å². The molecular formula is C18H20F3N3O2. The minimum atomic E-state index is -4.20. The van der Waals surface area contributed by atoms with Gasteiger partial charge in [0.1, 0.15) is 11.4 Å². The molecule has 1 aromatic carbocycles. The Morgan fingerprint density at radius 2 is 2.12 bits per heavy atom. The normalized spacial score (nSPS) is 18.4. The van der Waals surface area contributed by atoms with Gasteiger partial charge in [0, 0.05) is 18.5 Å². The fourth-order valence-electron chi connectivity index (χ4n) is 3.48. The molecule has 1 atom stereocenters. The molecule has 0 saturated carbocycles. The van der Waals surface area contributed by atoms with Crippen molar-refractivity contribution < 1.29 is 23.1 Å². The molecule has 8 heteroatoms. The van der Waals surface area contributed by atoms with Crippen LogP contribution in [0, 0.1) is 12.8 Å². The predicted molar refractivity (Wildman–Crippen MR) is 92.5 cm³/mol. The van der Waals surface area contributed by atoms with E-state index < -0.39 is 18.7 Å². The maximum atomic E-state index is 12.5. The Balaban J connectivity index is 1.75. The molecule has 1 aromatic heterocycles. The number of alkyl halides is 3. The van der Waals surface area contributed by atoms with Gasteiger partial charge in [-0.25, -0.2) is 9.78 Å². The lowest BCUT2D eigenvalue weighted by Crippen LogP contribution is -2.33. The fourth-order valence-corrected chi connectivity index (χ4v) is 3.48. The third kappa shape index (κ3) is 4.07. The van der Waals surface area contributed by atoms with Crippen molar-refractivity contribution in [3.05, 3.63) is 35.4 Å². The SMILES string of the molecule is Cc1c(C(=O)O)c(NCC2CCN(CC(F)(F)F)C2)nc2ccccc12. The summed E-state index contributed by atoms with van der Waals surface area (Å²) in [5, 5.41) is 13.4. The highest BCUT2D eigenvalue weighted by atomic mass is 19.4. The van der Waals surface area contributed by atoms with Gasteiger partial charge in [0.15, 0.2) is 0 Å². The fraction of sp³-hybridized carbons (Fsp3) is 0.444. The van der Waals surface area contributed by atoms with Gasteiger partial charge in [-0.2, -0.15) is 13.2 Å². The number of nitrogens with one attached hydrogen (secondary N) is 1. The van der Waals surface area contributed by atoms with Gasteiger partial charge in [0.05, 0.1) is 12.1 Å². The van der Waals surface area contributed by atoms with Gasteiger partial charge in [0.25, 0.3) is 0 Å². The van der Waals surface area contributed by atoms with Crippen LogP contribution in [0.3, 0.4) is 0 Å². The lowest BCUT2D eigenvalue weighted by atomic mass is 10.0. The van der Waals surface area contributed by atoms with Crippen LogP contribution >= 0.6 is 0 Å². The number of likely N-dealkylation sites (tertiary alicyclic amines) is 1. The zero-order valence-electron chi connectivity index (χ0n) is 14.3. The van der Waals surface area contributed by atoms with E-state index in [1.54, 1.807) is 13.0 Å². The quantitative estimate of drug-likeness (QED) is 0.846. The summed E-state index contributed by atoms with van der Waals surface area (Å²) in [7, 11) is 0. The van der Waals surface area contributed by atoms with Gasteiger partial charge in [-0.1, -0.05) is 18.2 Å². The van der Waals surface area contributed by atoms with E-state index in [0.717, 1.165) is 5.39 Å². The summed E-state index contributed by atoms with van der Waals surface area (Å²) in [6, 6.07) is 7.27. The number of aromatic carboxylic acids is 1. The second-order valence-corrected chi connectivity index (χ2v) is 6.67. The number of anilines is 1. The number of pyridine rings is 1. The van der Waals surface area contributed by atoms with Crippen LogP contribution in [-0.2, 0) is 0 Å². The van der Waals surface area contributed by atoms with Crippen LogP contribution in [0.2, 0.25) is 0 Å². The van der Waals surface area contributed by atoms with Crippen LogP contribution in [0.15, 0.2) is 24.3 Å². The molecule has 2 aromatic rings. The summed E-state index contributed by atoms with van der Waals surface area (Å²) < 4.78 is 37.5. The van der Waals surface area contributed by atoms with Gasteiger partial charge >= 0.3 is 12.1 Å². The molecule has 0 radical (unpaired) electrons. The monoisotopic (exact) mass is 367 g/mol. The van der Waals surface area contributed by atoms with Gasteiger partial charge in [0.2, 0.25) is 0 Å². The molecule has 1 aliphatic rings. The second-order valence-electron chi connectivity index (χ2n) is 6.67. The van der Waals surface area contributed by atoms with Crippen LogP contribution in [0.4, 0.5) is 19.0 Å². The first-order chi connectivity index (χ1) is 12.2. The number of hydrogen-bond donors (Lipinski definition) is 2. The third-order valence-corrected chi connectivity index (χ3v) is 4.70. The van der Waals surface area contributed by atoms with Crippen molar-refractivity contribution in [1.82, 2.24) is 9.88 Å². The van der Waals surface area contributed by atoms with E-state index in [-0.39, 0.29) is 17.3 Å². The molecule has 2 heterocycles. The van der Waals surface area contributed by atoms with Crippen LogP contribution < -0.4 is 5.32 Å². The highest BCUT2D eigenvalue weighted by Gasteiger charge is 2.34. The zero-order valence-corrected chi connectivity index (χ0v) is 14.3. The first-order valence-corrected chi connectivity index (χ1v) is 8.40. The van der Waals surface area contributed by atoms with Crippen LogP contribution in [0.5, 0.6) is 0 Å². The summed E-state index contributed by atoms with van der Waals surface area (Å²) in [4.78, 5) is 17.5. The molecule has 0 aliphatic carbocycles. The lowest BCUT2D eigenvalue weighted by molar-refractivity contribution is -0.143. The number of halogens is 3. The topological polar surface area (TPSA) is 65.5 Å². The summed E-state index contributed by atoms with van der Waals surface area (Å²) in [5.41, 5.74) is 1.41. The Bertz CT molecular complexity index is 823. The van der Waals surface area contributed by atoms with Crippen LogP contribution in [0.25, 0.3) is 10.9 Å². The zero-order chi connectivity index (χ0) is 18.9. The number of carboxylic acids is 1. The Morgan fingerprint density at radius 3 is 2.81 bits per heavy atom. The van der Waals surface area contributed by atoms with Crippen molar-refractivity contribution in [2.45, 2.75) is 19.5 Å². The molecular weight excluding hydrogens is 347 g/mol. The molecule has 0 bridgehead atoms. The van der Waals surface area contributed by atoms with Gasteiger partial charge in [-0.15, -0.1) is 0 Å². The van der Waals surface area contributed by atoms with E-state index >= 15 is 0 Å². The Kier molecular flexibility index (Phi) is 5.04. The van der Waals surface area contributed by atoms with Crippen molar-refractivity contribution in [3.8, 4) is 0 Å². The van der Waals surface area contributed by atoms with E-state index in [2.05, 4.69) is 10.3 Å². The largest absolute Gasteiger partial charge is 0.478 e. The molecule has 2 N–H and O–H groups in total. The summed E-state index contributed by atoms with van der Waals surface area (Å²) in [5.74, 6) is -0.788. The second kappa shape index (κ2) is 7.11. The standard InChI is InChI=1S/C18H20F3N3O2/c1-11-13-4-2-3-5-14(13)23-16(15(11)17(25)26)22-8-12-6-7-24(9-12)10-18(19,20)21/h2-5,12H,6-10H2,1H3,(H,22,23)(H,25,26). The van der Waals surface area contributed by atoms with Gasteiger partial charge in [-0.05, 0) is 37.4 Å². The smallest absolute Gasteiger partial charge is 0.401 e. The molecule has 140 valence electrons. The van der Waals surface area contributed by atoms with Crippen molar-refractivity contribution in [3.63, 3.8) is 0 Å². The van der Waals surface area contributed by atoms with E-state index in [4.69, 9.17) is 0 Å². The summed E-state index contributed by atoms with van der Waals surface area (Å²) in [6.07, 6.45) is -3.56. The molecule has 0 spiro atoms. The molecule has 26 heavy (non-hydrogen) atoms. The summed E-state index contributed by atoms with van der Waals surface area (Å²) >= 11 is 0. The third-order valence-electron chi connectivity index (χ3n) is 4.70. The van der Waals surface area contributed by atoms with E-state index in [1.807, 2.05) is 18.2 Å². The first kappa shape index (κ1) is 18.4. The highest BCUT2D eigenvalue weighted by molar-refractivity contribution is 6.01. The Morgan fingerprint density at radius 1 is 1.38 bits per heavy atom. The molecule has 5 nitrogen and oxygen atoms in total. The number of para-hydroxylation sites is 1. The number of benzene rings is 1.